The number of hydrogen-bond acceptors (Lipinski definition) is 3. The van der Waals surface area contributed by atoms with Crippen molar-refractivity contribution in [3.8, 4) is 0 Å². The average molecular weight is 145 g/mol. The van der Waals surface area contributed by atoms with Gasteiger partial charge in [-0.2, -0.15) is 0 Å². The van der Waals surface area contributed by atoms with Crippen LogP contribution in [0.5, 0.6) is 0 Å². The standard InChI is InChI=1S/C7H15NO2/c1-8(2)6-4-5-7(9)10-3/h4,6-7,9H,5H2,1-3H3/b6-4-. The van der Waals surface area contributed by atoms with Crippen molar-refractivity contribution in [2.24, 2.45) is 0 Å². The molecule has 0 aromatic carbocycles. The molecule has 3 heteroatoms. The molecule has 0 aromatic heterocycles. The van der Waals surface area contributed by atoms with E-state index in [1.807, 2.05) is 31.3 Å². The zero-order valence-corrected chi connectivity index (χ0v) is 6.74. The van der Waals surface area contributed by atoms with Gasteiger partial charge in [-0.15, -0.1) is 0 Å². The van der Waals surface area contributed by atoms with Crippen LogP contribution in [-0.4, -0.2) is 37.5 Å². The van der Waals surface area contributed by atoms with Crippen molar-refractivity contribution in [3.63, 3.8) is 0 Å². The number of aliphatic hydroxyl groups is 1. The van der Waals surface area contributed by atoms with Crippen molar-refractivity contribution in [2.75, 3.05) is 21.2 Å². The zero-order valence-electron chi connectivity index (χ0n) is 6.74. The van der Waals surface area contributed by atoms with Crippen molar-refractivity contribution < 1.29 is 9.84 Å². The van der Waals surface area contributed by atoms with Gasteiger partial charge in [-0.1, -0.05) is 6.08 Å². The second kappa shape index (κ2) is 5.26. The molecule has 1 unspecified atom stereocenters. The number of aliphatic hydroxyl groups excluding tert-OH is 1. The molecule has 0 radical (unpaired) electrons. The summed E-state index contributed by atoms with van der Waals surface area (Å²) in [7, 11) is 5.33. The summed E-state index contributed by atoms with van der Waals surface area (Å²) in [6.45, 7) is 0. The van der Waals surface area contributed by atoms with E-state index in [1.54, 1.807) is 0 Å². The van der Waals surface area contributed by atoms with E-state index in [4.69, 9.17) is 5.11 Å². The molecule has 0 spiro atoms. The number of methoxy groups -OCH3 is 1. The summed E-state index contributed by atoms with van der Waals surface area (Å²) >= 11 is 0. The highest BCUT2D eigenvalue weighted by atomic mass is 16.6. The molecule has 60 valence electrons. The molecule has 0 aliphatic carbocycles. The van der Waals surface area contributed by atoms with Crippen LogP contribution in [0.1, 0.15) is 6.42 Å². The molecular formula is C7H15NO2. The largest absolute Gasteiger partial charge is 0.384 e. The molecule has 1 atom stereocenters. The fraction of sp³-hybridized carbons (Fsp3) is 0.714. The molecule has 1 N–H and O–H groups in total. The third kappa shape index (κ3) is 5.59. The van der Waals surface area contributed by atoms with Crippen LogP contribution in [-0.2, 0) is 4.74 Å². The molecular weight excluding hydrogens is 130 g/mol. The lowest BCUT2D eigenvalue weighted by Gasteiger charge is -2.06. The Morgan fingerprint density at radius 2 is 2.20 bits per heavy atom. The molecule has 0 saturated carbocycles. The fourth-order valence-corrected chi connectivity index (χ4v) is 0.484. The first-order chi connectivity index (χ1) is 4.66. The monoisotopic (exact) mass is 145 g/mol. The maximum absolute atomic E-state index is 8.88. The molecule has 0 aromatic rings. The van der Waals surface area contributed by atoms with Crippen LogP contribution in [0.3, 0.4) is 0 Å². The Morgan fingerprint density at radius 3 is 2.60 bits per heavy atom. The van der Waals surface area contributed by atoms with Crippen LogP contribution < -0.4 is 0 Å². The van der Waals surface area contributed by atoms with Gasteiger partial charge in [0, 0.05) is 27.6 Å². The van der Waals surface area contributed by atoms with Crippen LogP contribution in [0.4, 0.5) is 0 Å². The van der Waals surface area contributed by atoms with Gasteiger partial charge in [-0.25, -0.2) is 0 Å². The molecule has 0 fully saturated rings. The van der Waals surface area contributed by atoms with E-state index in [1.165, 1.54) is 7.11 Å². The van der Waals surface area contributed by atoms with E-state index < -0.39 is 6.29 Å². The Labute approximate surface area is 61.9 Å². The Hall–Kier alpha value is -0.540. The molecule has 0 saturated heterocycles. The Bertz CT molecular complexity index is 102. The third-order valence-corrected chi connectivity index (χ3v) is 1.01. The van der Waals surface area contributed by atoms with Gasteiger partial charge in [0.2, 0.25) is 0 Å². The third-order valence-electron chi connectivity index (χ3n) is 1.01. The molecule has 10 heavy (non-hydrogen) atoms. The Morgan fingerprint density at radius 1 is 1.60 bits per heavy atom. The minimum Gasteiger partial charge on any atom is -0.384 e. The van der Waals surface area contributed by atoms with Gasteiger partial charge in [0.15, 0.2) is 6.29 Å². The van der Waals surface area contributed by atoms with E-state index in [-0.39, 0.29) is 0 Å². The van der Waals surface area contributed by atoms with Crippen molar-refractivity contribution in [2.45, 2.75) is 12.7 Å². The average Bonchev–Trinajstić information content (AvgIpc) is 1.87. The van der Waals surface area contributed by atoms with Crippen LogP contribution >= 0.6 is 0 Å². The first-order valence-electron chi connectivity index (χ1n) is 3.20. The van der Waals surface area contributed by atoms with Gasteiger partial charge in [0.05, 0.1) is 0 Å². The lowest BCUT2D eigenvalue weighted by Crippen LogP contribution is -2.07. The molecule has 0 amide bonds. The smallest absolute Gasteiger partial charge is 0.157 e. The van der Waals surface area contributed by atoms with Crippen LogP contribution in [0.15, 0.2) is 12.3 Å². The van der Waals surface area contributed by atoms with Gasteiger partial charge in [-0.3, -0.25) is 0 Å². The predicted octanol–water partition coefficient (Wildman–Crippen LogP) is 0.417. The maximum atomic E-state index is 8.88. The second-order valence-electron chi connectivity index (χ2n) is 2.27. The first kappa shape index (κ1) is 9.46. The highest BCUT2D eigenvalue weighted by Crippen LogP contribution is 1.93. The lowest BCUT2D eigenvalue weighted by molar-refractivity contribution is -0.0703. The summed E-state index contributed by atoms with van der Waals surface area (Å²) in [6, 6.07) is 0. The summed E-state index contributed by atoms with van der Waals surface area (Å²) in [6.07, 6.45) is 3.60. The van der Waals surface area contributed by atoms with Crippen LogP contribution in [0.25, 0.3) is 0 Å². The molecule has 0 heterocycles. The van der Waals surface area contributed by atoms with Gasteiger partial charge < -0.3 is 14.7 Å². The Balaban J connectivity index is 3.33. The number of nitrogens with zero attached hydrogens (tertiary/aromatic N) is 1. The van der Waals surface area contributed by atoms with Gasteiger partial charge in [0.25, 0.3) is 0 Å². The van der Waals surface area contributed by atoms with Gasteiger partial charge in [0.1, 0.15) is 0 Å². The fourth-order valence-electron chi connectivity index (χ4n) is 0.484. The van der Waals surface area contributed by atoms with E-state index >= 15 is 0 Å². The topological polar surface area (TPSA) is 32.7 Å². The lowest BCUT2D eigenvalue weighted by atomic mass is 10.4. The number of ether oxygens (including phenoxy) is 1. The van der Waals surface area contributed by atoms with Crippen LogP contribution in [0.2, 0.25) is 0 Å². The maximum Gasteiger partial charge on any atom is 0.157 e. The molecule has 0 aliphatic rings. The van der Waals surface area contributed by atoms with Crippen molar-refractivity contribution in [1.29, 1.82) is 0 Å². The SMILES string of the molecule is COC(O)C/C=C\N(C)C. The molecule has 0 rings (SSSR count). The zero-order chi connectivity index (χ0) is 7.98. The summed E-state index contributed by atoms with van der Waals surface area (Å²) in [5, 5.41) is 8.88. The molecule has 0 aliphatic heterocycles. The van der Waals surface area contributed by atoms with E-state index in [0.29, 0.717) is 6.42 Å². The van der Waals surface area contributed by atoms with Crippen molar-refractivity contribution in [3.05, 3.63) is 12.3 Å². The van der Waals surface area contributed by atoms with E-state index in [9.17, 15) is 0 Å². The summed E-state index contributed by atoms with van der Waals surface area (Å²) < 4.78 is 4.62. The van der Waals surface area contributed by atoms with E-state index in [2.05, 4.69) is 4.74 Å². The van der Waals surface area contributed by atoms with Gasteiger partial charge >= 0.3 is 0 Å². The quantitative estimate of drug-likeness (QED) is 0.582. The Kier molecular flexibility index (Phi) is 4.98. The minimum atomic E-state index is -0.670. The van der Waals surface area contributed by atoms with E-state index in [0.717, 1.165) is 0 Å². The first-order valence-corrected chi connectivity index (χ1v) is 3.20. The normalized spacial score (nSPS) is 14.0. The molecule has 3 nitrogen and oxygen atoms in total. The summed E-state index contributed by atoms with van der Waals surface area (Å²) in [5.41, 5.74) is 0. The minimum absolute atomic E-state index is 0.536. The van der Waals surface area contributed by atoms with Crippen molar-refractivity contribution >= 4 is 0 Å². The summed E-state index contributed by atoms with van der Waals surface area (Å²) in [4.78, 5) is 1.91. The van der Waals surface area contributed by atoms with Gasteiger partial charge in [-0.05, 0) is 6.20 Å². The summed E-state index contributed by atoms with van der Waals surface area (Å²) in [5.74, 6) is 0. The highest BCUT2D eigenvalue weighted by Gasteiger charge is 1.94. The number of hydrogen-bond donors (Lipinski definition) is 1. The van der Waals surface area contributed by atoms with Crippen LogP contribution in [0, 0.1) is 0 Å². The van der Waals surface area contributed by atoms with Crippen molar-refractivity contribution in [1.82, 2.24) is 4.90 Å². The highest BCUT2D eigenvalue weighted by molar-refractivity contribution is 4.79. The second-order valence-corrected chi connectivity index (χ2v) is 2.27. The number of rotatable bonds is 4. The predicted molar refractivity (Wildman–Crippen MR) is 40.5 cm³/mol. The molecule has 0 bridgehead atoms.